The van der Waals surface area contributed by atoms with Gasteiger partial charge in [0, 0.05) is 42.0 Å². The van der Waals surface area contributed by atoms with Gasteiger partial charge in [-0.1, -0.05) is 266 Å². The van der Waals surface area contributed by atoms with E-state index in [-0.39, 0.29) is 44.5 Å². The van der Waals surface area contributed by atoms with E-state index in [2.05, 4.69) is 83.6 Å². The van der Waals surface area contributed by atoms with E-state index in [1.165, 1.54) is 18.2 Å². The zero-order valence-electron chi connectivity index (χ0n) is 86.6. The molecule has 111 heavy (non-hydrogen) atoms. The van der Waals surface area contributed by atoms with Crippen molar-refractivity contribution < 1.29 is 48.0 Å². The third-order valence-corrected chi connectivity index (χ3v) is 26.6. The van der Waals surface area contributed by atoms with Gasteiger partial charge in [0.2, 0.25) is 0 Å². The molecule has 0 bridgehead atoms. The van der Waals surface area contributed by atoms with Crippen molar-refractivity contribution in [3.63, 3.8) is 0 Å². The topological polar surface area (TPSA) is 49.0 Å². The summed E-state index contributed by atoms with van der Waals surface area (Å²) in [5, 5.41) is -0.691. The number of benzene rings is 14. The van der Waals surface area contributed by atoms with Crippen molar-refractivity contribution in [3.05, 3.63) is 355 Å². The number of furan rings is 1. The molecule has 0 spiro atoms. The van der Waals surface area contributed by atoms with Crippen LogP contribution < -0.4 is 30.1 Å². The van der Waals surface area contributed by atoms with Crippen LogP contribution in [0, 0.1) is 20.0 Å². The van der Waals surface area contributed by atoms with E-state index in [1.807, 2.05) is 120 Å². The second kappa shape index (κ2) is 25.7. The van der Waals surface area contributed by atoms with Crippen LogP contribution in [0.5, 0.6) is 11.5 Å². The van der Waals surface area contributed by atoms with Crippen LogP contribution in [-0.4, -0.2) is 22.2 Å². The summed E-state index contributed by atoms with van der Waals surface area (Å²) in [5.41, 5.74) is 8.66. The van der Waals surface area contributed by atoms with Gasteiger partial charge in [0.25, 0.3) is 6.33 Å². The minimum Gasteiger partial charge on any atom is -0.458 e. The van der Waals surface area contributed by atoms with Gasteiger partial charge in [-0.3, -0.25) is 13.7 Å². The Kier molecular flexibility index (Phi) is 10.7. The monoisotopic (exact) mass is 1470 g/mol. The standard InChI is InChI=1S/C104H84N4O2Si/c1-66-28-25-29-67(2)99(66)71-57-85(69-46-49-97-88(55-69)84-43-22-24-45-96(84)110-97)100-90(58-71)87-64-92-91(103(6,7)51-52-104(92,8)9)63-86(87)80-40-19-20-41-81(80)89-56-70(68-30-26-39-79(54-68)111(76-33-13-10-14-34-76,77-35-15-11-16-36-77)78-37-17-12-18-38-78)59-95-101(89)107(100)65-106(95)73-31-27-32-74(61-73)109-75-47-48-83-82-42-21-23-44-93(82)108(94(83)62-75)98-60-72(50-53-105-98)102(3,4)5/h10-50,53-64H,51-52H2,1-9H3/i1D3,2D3,10D,11D,12D,13D,14D,15D,16D,17D,18D,26D,30D,33D,34D,35D,36D,37D,38D,39D,54D. The summed E-state index contributed by atoms with van der Waals surface area (Å²) in [6.45, 7) is 9.34. The maximum absolute atomic E-state index is 11.4. The third-order valence-electron chi connectivity index (χ3n) is 22.6. The summed E-state index contributed by atoms with van der Waals surface area (Å²) < 4.78 is 262. The predicted molar refractivity (Wildman–Crippen MR) is 463 cm³/mol. The summed E-state index contributed by atoms with van der Waals surface area (Å²) in [5.74, 6) is 1.37. The van der Waals surface area contributed by atoms with Gasteiger partial charge in [-0.2, -0.15) is 0 Å². The summed E-state index contributed by atoms with van der Waals surface area (Å²) in [4.78, 5) is 4.94. The van der Waals surface area contributed by atoms with Crippen LogP contribution >= 0.6 is 0 Å². The molecule has 0 radical (unpaired) electrons. The molecular formula is C104H84N4O2Si. The quantitative estimate of drug-likeness (QED) is 0.0561. The summed E-state index contributed by atoms with van der Waals surface area (Å²) in [6.07, 6.45) is 7.17. The summed E-state index contributed by atoms with van der Waals surface area (Å²) in [7, 11) is -6.44. The first-order chi connectivity index (χ1) is 64.3. The molecule has 536 valence electrons. The van der Waals surface area contributed by atoms with Crippen LogP contribution in [0.15, 0.2) is 326 Å². The molecule has 2 aliphatic rings. The highest BCUT2D eigenvalue weighted by molar-refractivity contribution is 7.20. The fourth-order valence-corrected chi connectivity index (χ4v) is 20.5. The second-order valence-corrected chi connectivity index (χ2v) is 34.7. The van der Waals surface area contributed by atoms with Gasteiger partial charge in [-0.15, -0.1) is 0 Å². The molecule has 1 aliphatic heterocycles. The Morgan fingerprint density at radius 2 is 1.07 bits per heavy atom. The number of ether oxygens (including phenoxy) is 1. The molecule has 0 unspecified atom stereocenters. The number of aryl methyl sites for hydroxylation is 2. The maximum atomic E-state index is 11.4. The third kappa shape index (κ3) is 11.0. The van der Waals surface area contributed by atoms with Crippen molar-refractivity contribution in [2.24, 2.45) is 0 Å². The Labute approximate surface area is 685 Å². The molecule has 6 nitrogen and oxygen atoms in total. The number of fused-ring (bicyclic) bond motifs is 14. The van der Waals surface area contributed by atoms with Crippen LogP contribution in [0.25, 0.3) is 139 Å². The fraction of sp³-hybridized carbons (Fsp3) is 0.135. The molecule has 1 aliphatic carbocycles. The highest BCUT2D eigenvalue weighted by Crippen LogP contribution is 2.54. The van der Waals surface area contributed by atoms with Crippen molar-refractivity contribution in [1.82, 2.24) is 14.1 Å². The Morgan fingerprint density at radius 3 is 1.77 bits per heavy atom. The fourth-order valence-electron chi connectivity index (χ4n) is 17.0. The minimum absolute atomic E-state index is 0.0609. The smallest absolute Gasteiger partial charge is 0.269 e. The lowest BCUT2D eigenvalue weighted by Crippen LogP contribution is -2.74. The van der Waals surface area contributed by atoms with Crippen molar-refractivity contribution >= 4 is 83.6 Å². The predicted octanol–water partition coefficient (Wildman–Crippen LogP) is 23.8. The van der Waals surface area contributed by atoms with Crippen LogP contribution in [0.3, 0.4) is 0 Å². The SMILES string of the molecule is [2H]c1c([2H])c([2H])c([Si](c2c([2H])c([2H])c([2H])c([2H])c2[2H])(c2c([2H])c([2H])c([2H])c([2H])c2[2H])c2c([2H])c([2H])c([2H])c(-c3cc4c5c(c3)n(-c3cccc(Oc6ccc7c8ccccc8n(-c8cc(C(C)(C)C)ccn8)c7c6)c3)[c-][n+]5-c3c(-c5ccc6oc7ccccc7c6c5)cc(-c5c(C([2H])([2H])[2H])cccc5C([2H])([2H])[2H])cc3-c3cc5c(cc3-c3ccccc3-4)C(C)(C)CCC5(C)C)c2[2H])c([2H])c1[2H]. The molecule has 4 aromatic heterocycles. The van der Waals surface area contributed by atoms with E-state index in [1.54, 1.807) is 53.2 Å². The number of hydrogen-bond donors (Lipinski definition) is 0. The van der Waals surface area contributed by atoms with Crippen molar-refractivity contribution in [2.75, 3.05) is 0 Å². The molecule has 5 heterocycles. The Balaban J connectivity index is 0.977. The lowest BCUT2D eigenvalue weighted by molar-refractivity contribution is -0.570. The number of aromatic nitrogens is 4. The largest absolute Gasteiger partial charge is 0.458 e. The Morgan fingerprint density at radius 1 is 0.468 bits per heavy atom. The van der Waals surface area contributed by atoms with Crippen molar-refractivity contribution in [2.45, 2.75) is 91.3 Å². The first kappa shape index (κ1) is 46.0. The molecule has 14 aromatic carbocycles. The average Bonchev–Trinajstić information content (AvgIpc) is 0.763. The molecule has 0 amide bonds. The normalized spacial score (nSPS) is 17.1. The molecule has 0 atom stereocenters. The van der Waals surface area contributed by atoms with Gasteiger partial charge in [0.15, 0.2) is 8.07 Å². The number of para-hydroxylation sites is 2. The van der Waals surface area contributed by atoms with Gasteiger partial charge in [0.05, 0.1) is 59.5 Å². The van der Waals surface area contributed by atoms with Crippen LogP contribution in [-0.2, 0) is 16.2 Å². The van der Waals surface area contributed by atoms with Crippen molar-refractivity contribution in [3.8, 4) is 95.5 Å². The number of rotatable bonds is 11. The molecule has 7 heteroatoms. The molecule has 0 saturated carbocycles. The van der Waals surface area contributed by atoms with E-state index < -0.39 is 174 Å². The summed E-state index contributed by atoms with van der Waals surface area (Å²) in [6, 6.07) is 40.5. The van der Waals surface area contributed by atoms with Gasteiger partial charge in [0.1, 0.15) is 28.5 Å². The number of hydrogen-bond acceptors (Lipinski definition) is 3. The Bertz CT molecular complexity index is 8020. The van der Waals surface area contributed by atoms with Gasteiger partial charge in [-0.05, 0) is 249 Å². The van der Waals surface area contributed by atoms with Crippen molar-refractivity contribution in [1.29, 1.82) is 0 Å². The van der Waals surface area contributed by atoms with Crippen LogP contribution in [0.4, 0.5) is 0 Å². The first-order valence-corrected chi connectivity index (χ1v) is 39.0. The van der Waals surface area contributed by atoms with Crippen LogP contribution in [0.1, 0.15) is 123 Å². The second-order valence-electron chi connectivity index (χ2n) is 31.2. The Hall–Kier alpha value is -12.7. The van der Waals surface area contributed by atoms with E-state index >= 15 is 0 Å². The van der Waals surface area contributed by atoms with E-state index in [4.69, 9.17) is 18.3 Å². The van der Waals surface area contributed by atoms with E-state index in [0.29, 0.717) is 89.5 Å². The highest BCUT2D eigenvalue weighted by atomic mass is 28.3. The summed E-state index contributed by atoms with van der Waals surface area (Å²) >= 11 is 0. The number of nitrogens with zero attached hydrogens (tertiary/aromatic N) is 4. The molecular weight excluding hydrogens is 1370 g/mol. The minimum atomic E-state index is -6.44. The zero-order valence-corrected chi connectivity index (χ0v) is 62.6. The first-order valence-electron chi connectivity index (χ1n) is 49.5. The highest BCUT2D eigenvalue weighted by Gasteiger charge is 2.43. The van der Waals surface area contributed by atoms with Crippen LogP contribution in [0.2, 0.25) is 0 Å². The number of pyridine rings is 1. The lowest BCUT2D eigenvalue weighted by atomic mass is 9.62. The molecule has 18 aromatic rings. The van der Waals surface area contributed by atoms with E-state index in [9.17, 15) is 30.2 Å². The van der Waals surface area contributed by atoms with E-state index in [0.717, 1.165) is 56.7 Å². The maximum Gasteiger partial charge on any atom is 0.269 e. The number of imidazole rings is 1. The van der Waals surface area contributed by atoms with Gasteiger partial charge in [-0.25, -0.2) is 4.98 Å². The van der Waals surface area contributed by atoms with Gasteiger partial charge >= 0.3 is 0 Å². The van der Waals surface area contributed by atoms with Gasteiger partial charge < -0.3 is 9.15 Å². The molecule has 20 rings (SSSR count). The lowest BCUT2D eigenvalue weighted by Gasteiger charge is -2.42. The average molecular weight is 1480 g/mol. The molecule has 0 N–H and O–H groups in total. The molecule has 0 fully saturated rings. The zero-order chi connectivity index (χ0) is 96.8. The molecule has 0 saturated heterocycles.